The molecule has 0 spiro atoms. The maximum absolute atomic E-state index is 12.4. The van der Waals surface area contributed by atoms with Gasteiger partial charge in [-0.05, 0) is 60.6 Å². The Morgan fingerprint density at radius 3 is 2.39 bits per heavy atom. The van der Waals surface area contributed by atoms with E-state index in [0.717, 1.165) is 10.1 Å². The summed E-state index contributed by atoms with van der Waals surface area (Å²) in [5.74, 6) is 0.564. The van der Waals surface area contributed by atoms with E-state index in [1.807, 2.05) is 41.3 Å². The molecular formula is C14H20INO2. The summed E-state index contributed by atoms with van der Waals surface area (Å²) in [4.78, 5) is 14.2. The number of carbonyl (C=O) groups excluding carboxylic acids is 1. The third-order valence-corrected chi connectivity index (χ3v) is 3.55. The van der Waals surface area contributed by atoms with Gasteiger partial charge in [0.25, 0.3) is 5.91 Å². The van der Waals surface area contributed by atoms with Crippen molar-refractivity contribution in [1.29, 1.82) is 0 Å². The van der Waals surface area contributed by atoms with Crippen LogP contribution in [-0.4, -0.2) is 28.5 Å². The molecule has 4 heteroatoms. The molecule has 3 nitrogen and oxygen atoms in total. The molecule has 18 heavy (non-hydrogen) atoms. The van der Waals surface area contributed by atoms with Crippen LogP contribution in [-0.2, 0) is 0 Å². The molecule has 1 amide bonds. The quantitative estimate of drug-likeness (QED) is 0.834. The predicted octanol–water partition coefficient (Wildman–Crippen LogP) is 3.50. The summed E-state index contributed by atoms with van der Waals surface area (Å²) >= 11 is 2.04. The SMILES string of the molecule is CC(C)CN(C(=O)c1ccc(I)c(O)c1)C(C)C. The number of halogens is 1. The van der Waals surface area contributed by atoms with Gasteiger partial charge in [-0.25, -0.2) is 0 Å². The molecule has 0 unspecified atom stereocenters. The zero-order chi connectivity index (χ0) is 13.9. The van der Waals surface area contributed by atoms with Gasteiger partial charge in [-0.1, -0.05) is 13.8 Å². The molecule has 100 valence electrons. The highest BCUT2D eigenvalue weighted by atomic mass is 127. The van der Waals surface area contributed by atoms with Crippen LogP contribution in [0.15, 0.2) is 18.2 Å². The monoisotopic (exact) mass is 361 g/mol. The molecule has 1 aromatic carbocycles. The fourth-order valence-electron chi connectivity index (χ4n) is 1.73. The van der Waals surface area contributed by atoms with Gasteiger partial charge < -0.3 is 10.0 Å². The number of phenols is 1. The molecule has 0 aromatic heterocycles. The number of aromatic hydroxyl groups is 1. The first-order valence-corrected chi connectivity index (χ1v) is 7.20. The van der Waals surface area contributed by atoms with E-state index in [1.54, 1.807) is 18.2 Å². The van der Waals surface area contributed by atoms with Crippen LogP contribution in [0.25, 0.3) is 0 Å². The number of amides is 1. The van der Waals surface area contributed by atoms with Crippen LogP contribution in [0.5, 0.6) is 5.75 Å². The topological polar surface area (TPSA) is 40.5 Å². The summed E-state index contributed by atoms with van der Waals surface area (Å²) in [5.41, 5.74) is 0.544. The van der Waals surface area contributed by atoms with E-state index in [2.05, 4.69) is 13.8 Å². The van der Waals surface area contributed by atoms with Gasteiger partial charge in [0, 0.05) is 18.2 Å². The summed E-state index contributed by atoms with van der Waals surface area (Å²) < 4.78 is 0.754. The van der Waals surface area contributed by atoms with E-state index >= 15 is 0 Å². The van der Waals surface area contributed by atoms with E-state index in [1.165, 1.54) is 0 Å². The van der Waals surface area contributed by atoms with Gasteiger partial charge in [0.15, 0.2) is 0 Å². The average Bonchev–Trinajstić information content (AvgIpc) is 2.28. The van der Waals surface area contributed by atoms with Crippen LogP contribution in [0.2, 0.25) is 0 Å². The second kappa shape index (κ2) is 6.41. The Labute approximate surface area is 122 Å². The van der Waals surface area contributed by atoms with Gasteiger partial charge in [0.05, 0.1) is 3.57 Å². The normalized spacial score (nSPS) is 11.1. The molecule has 0 radical (unpaired) electrons. The first kappa shape index (κ1) is 15.3. The standard InChI is InChI=1S/C14H20INO2/c1-9(2)8-16(10(3)4)14(18)11-5-6-12(15)13(17)7-11/h5-7,9-10,17H,8H2,1-4H3. The predicted molar refractivity (Wildman–Crippen MR) is 81.8 cm³/mol. The summed E-state index contributed by atoms with van der Waals surface area (Å²) in [7, 11) is 0. The Hall–Kier alpha value is -0.780. The lowest BCUT2D eigenvalue weighted by molar-refractivity contribution is 0.0681. The Morgan fingerprint density at radius 2 is 1.94 bits per heavy atom. The number of carbonyl (C=O) groups is 1. The minimum atomic E-state index is -0.0228. The van der Waals surface area contributed by atoms with Crippen LogP contribution in [0, 0.1) is 9.49 Å². The zero-order valence-corrected chi connectivity index (χ0v) is 13.4. The molecular weight excluding hydrogens is 341 g/mol. The molecule has 1 N–H and O–H groups in total. The second-order valence-corrected chi connectivity index (χ2v) is 6.27. The minimum absolute atomic E-state index is 0.0228. The van der Waals surface area contributed by atoms with Crippen molar-refractivity contribution in [2.75, 3.05) is 6.54 Å². The molecule has 0 aliphatic heterocycles. The third-order valence-electron chi connectivity index (χ3n) is 2.64. The number of nitrogens with zero attached hydrogens (tertiary/aromatic N) is 1. The van der Waals surface area contributed by atoms with Crippen molar-refractivity contribution in [1.82, 2.24) is 4.90 Å². The van der Waals surface area contributed by atoms with Gasteiger partial charge in [-0.2, -0.15) is 0 Å². The van der Waals surface area contributed by atoms with Gasteiger partial charge in [-0.15, -0.1) is 0 Å². The largest absolute Gasteiger partial charge is 0.507 e. The van der Waals surface area contributed by atoms with E-state index < -0.39 is 0 Å². The highest BCUT2D eigenvalue weighted by Crippen LogP contribution is 2.22. The molecule has 0 bridgehead atoms. The second-order valence-electron chi connectivity index (χ2n) is 5.11. The molecule has 1 aromatic rings. The number of benzene rings is 1. The minimum Gasteiger partial charge on any atom is -0.507 e. The molecule has 0 fully saturated rings. The lowest BCUT2D eigenvalue weighted by atomic mass is 10.1. The number of phenolic OH excluding ortho intramolecular Hbond substituents is 1. The van der Waals surface area contributed by atoms with Gasteiger partial charge in [-0.3, -0.25) is 4.79 Å². The van der Waals surface area contributed by atoms with Crippen LogP contribution in [0.4, 0.5) is 0 Å². The number of hydrogen-bond donors (Lipinski definition) is 1. The summed E-state index contributed by atoms with van der Waals surface area (Å²) in [6.07, 6.45) is 0. The molecule has 1 rings (SSSR count). The first-order chi connectivity index (χ1) is 8.32. The lowest BCUT2D eigenvalue weighted by Gasteiger charge is -2.28. The highest BCUT2D eigenvalue weighted by molar-refractivity contribution is 14.1. The number of hydrogen-bond acceptors (Lipinski definition) is 2. The summed E-state index contributed by atoms with van der Waals surface area (Å²) in [6.45, 7) is 8.92. The molecule has 0 heterocycles. The van der Waals surface area contributed by atoms with Crippen LogP contribution in [0.1, 0.15) is 38.1 Å². The van der Waals surface area contributed by atoms with Gasteiger partial charge in [0.1, 0.15) is 5.75 Å². The molecule has 0 aliphatic rings. The fourth-order valence-corrected chi connectivity index (χ4v) is 2.07. The van der Waals surface area contributed by atoms with Crippen molar-refractivity contribution < 1.29 is 9.90 Å². The van der Waals surface area contributed by atoms with Gasteiger partial charge >= 0.3 is 0 Å². The summed E-state index contributed by atoms with van der Waals surface area (Å²) in [6, 6.07) is 5.22. The highest BCUT2D eigenvalue weighted by Gasteiger charge is 2.20. The Kier molecular flexibility index (Phi) is 5.44. The molecule has 0 saturated carbocycles. The van der Waals surface area contributed by atoms with E-state index in [9.17, 15) is 9.90 Å². The Morgan fingerprint density at radius 1 is 1.33 bits per heavy atom. The van der Waals surface area contributed by atoms with E-state index in [-0.39, 0.29) is 17.7 Å². The van der Waals surface area contributed by atoms with Crippen molar-refractivity contribution >= 4 is 28.5 Å². The van der Waals surface area contributed by atoms with Crippen molar-refractivity contribution in [3.8, 4) is 5.75 Å². The third kappa shape index (κ3) is 3.86. The van der Waals surface area contributed by atoms with E-state index in [4.69, 9.17) is 0 Å². The van der Waals surface area contributed by atoms with Crippen molar-refractivity contribution in [2.45, 2.75) is 33.7 Å². The zero-order valence-electron chi connectivity index (χ0n) is 11.3. The van der Waals surface area contributed by atoms with Crippen LogP contribution < -0.4 is 0 Å². The fraction of sp³-hybridized carbons (Fsp3) is 0.500. The first-order valence-electron chi connectivity index (χ1n) is 6.12. The molecule has 0 atom stereocenters. The summed E-state index contributed by atoms with van der Waals surface area (Å²) in [5, 5.41) is 9.67. The Balaban J connectivity index is 2.98. The van der Waals surface area contributed by atoms with Gasteiger partial charge in [0.2, 0.25) is 0 Å². The van der Waals surface area contributed by atoms with Crippen molar-refractivity contribution in [3.05, 3.63) is 27.3 Å². The van der Waals surface area contributed by atoms with Crippen molar-refractivity contribution in [3.63, 3.8) is 0 Å². The van der Waals surface area contributed by atoms with Crippen LogP contribution in [0.3, 0.4) is 0 Å². The Bertz CT molecular complexity index is 430. The van der Waals surface area contributed by atoms with Crippen LogP contribution >= 0.6 is 22.6 Å². The lowest BCUT2D eigenvalue weighted by Crippen LogP contribution is -2.39. The maximum Gasteiger partial charge on any atom is 0.254 e. The molecule has 0 aliphatic carbocycles. The number of rotatable bonds is 4. The average molecular weight is 361 g/mol. The van der Waals surface area contributed by atoms with E-state index in [0.29, 0.717) is 11.5 Å². The molecule has 0 saturated heterocycles. The maximum atomic E-state index is 12.4. The van der Waals surface area contributed by atoms with Crippen molar-refractivity contribution in [2.24, 2.45) is 5.92 Å². The smallest absolute Gasteiger partial charge is 0.254 e.